The Labute approximate surface area is 102 Å². The largest absolute Gasteiger partial charge is 0.456 e. The van der Waals surface area contributed by atoms with E-state index in [2.05, 4.69) is 0 Å². The SMILES string of the molecule is CC(F)(F)C(=O)OC1CCCC12SCCS2. The molecule has 0 N–H and O–H groups in total. The molecule has 92 valence electrons. The second-order valence-electron chi connectivity index (χ2n) is 4.18. The molecule has 0 aromatic rings. The van der Waals surface area contributed by atoms with Gasteiger partial charge in [-0.2, -0.15) is 8.78 Å². The topological polar surface area (TPSA) is 26.3 Å². The van der Waals surface area contributed by atoms with Crippen LogP contribution in [0.5, 0.6) is 0 Å². The smallest absolute Gasteiger partial charge is 0.377 e. The number of rotatable bonds is 2. The molecule has 16 heavy (non-hydrogen) atoms. The van der Waals surface area contributed by atoms with Gasteiger partial charge >= 0.3 is 11.9 Å². The van der Waals surface area contributed by atoms with Crippen LogP contribution >= 0.6 is 23.5 Å². The Morgan fingerprint density at radius 3 is 2.62 bits per heavy atom. The minimum atomic E-state index is -3.38. The molecule has 1 aliphatic heterocycles. The molecule has 1 aliphatic carbocycles. The number of halogens is 2. The van der Waals surface area contributed by atoms with Crippen LogP contribution in [0.1, 0.15) is 26.2 Å². The van der Waals surface area contributed by atoms with E-state index < -0.39 is 11.9 Å². The van der Waals surface area contributed by atoms with E-state index in [1.807, 2.05) is 0 Å². The summed E-state index contributed by atoms with van der Waals surface area (Å²) in [5.41, 5.74) is 0. The molecule has 6 heteroatoms. The van der Waals surface area contributed by atoms with Crippen molar-refractivity contribution in [1.29, 1.82) is 0 Å². The molecule has 1 unspecified atom stereocenters. The molecule has 1 atom stereocenters. The van der Waals surface area contributed by atoms with Gasteiger partial charge in [0.05, 0.1) is 4.08 Å². The third kappa shape index (κ3) is 2.32. The fourth-order valence-electron chi connectivity index (χ4n) is 2.10. The molecular formula is C10H14F2O2S2. The molecule has 0 aromatic heterocycles. The average Bonchev–Trinajstić information content (AvgIpc) is 2.78. The van der Waals surface area contributed by atoms with Gasteiger partial charge < -0.3 is 4.74 Å². The number of thioether (sulfide) groups is 2. The van der Waals surface area contributed by atoms with Crippen LogP contribution in [0.25, 0.3) is 0 Å². The lowest BCUT2D eigenvalue weighted by atomic mass is 10.3. The van der Waals surface area contributed by atoms with E-state index in [0.29, 0.717) is 13.3 Å². The summed E-state index contributed by atoms with van der Waals surface area (Å²) in [5.74, 6) is -2.73. The molecule has 0 amide bonds. The first kappa shape index (κ1) is 12.5. The van der Waals surface area contributed by atoms with Gasteiger partial charge in [0.15, 0.2) is 0 Å². The van der Waals surface area contributed by atoms with Gasteiger partial charge in [-0.25, -0.2) is 4.79 Å². The third-order valence-electron chi connectivity index (χ3n) is 2.87. The minimum absolute atomic E-state index is 0.138. The van der Waals surface area contributed by atoms with Gasteiger partial charge in [0, 0.05) is 18.4 Å². The summed E-state index contributed by atoms with van der Waals surface area (Å²) in [4.78, 5) is 11.2. The van der Waals surface area contributed by atoms with E-state index in [1.165, 1.54) is 0 Å². The number of alkyl halides is 2. The molecule has 2 aliphatic rings. The number of esters is 1. The van der Waals surface area contributed by atoms with Crippen molar-refractivity contribution in [3.63, 3.8) is 0 Å². The number of ether oxygens (including phenoxy) is 1. The lowest BCUT2D eigenvalue weighted by Crippen LogP contribution is -2.38. The second kappa shape index (κ2) is 4.37. The summed E-state index contributed by atoms with van der Waals surface area (Å²) < 4.78 is 30.4. The van der Waals surface area contributed by atoms with Crippen LogP contribution in [0.3, 0.4) is 0 Å². The van der Waals surface area contributed by atoms with Gasteiger partial charge in [0.2, 0.25) is 0 Å². The Bertz CT molecular complexity index is 280. The Morgan fingerprint density at radius 2 is 2.06 bits per heavy atom. The highest BCUT2D eigenvalue weighted by Gasteiger charge is 2.50. The molecule has 0 radical (unpaired) electrons. The highest BCUT2D eigenvalue weighted by atomic mass is 32.2. The van der Waals surface area contributed by atoms with Crippen molar-refractivity contribution in [1.82, 2.24) is 0 Å². The van der Waals surface area contributed by atoms with Gasteiger partial charge in [-0.1, -0.05) is 0 Å². The van der Waals surface area contributed by atoms with E-state index in [1.54, 1.807) is 23.5 Å². The van der Waals surface area contributed by atoms with Crippen molar-refractivity contribution >= 4 is 29.5 Å². The molecular weight excluding hydrogens is 254 g/mol. The molecule has 0 aromatic carbocycles. The first-order valence-corrected chi connectivity index (χ1v) is 7.28. The van der Waals surface area contributed by atoms with Crippen molar-refractivity contribution in [3.8, 4) is 0 Å². The van der Waals surface area contributed by atoms with Gasteiger partial charge in [-0.3, -0.25) is 0 Å². The summed E-state index contributed by atoms with van der Waals surface area (Å²) in [6.07, 6.45) is 2.27. The van der Waals surface area contributed by atoms with E-state index in [-0.39, 0.29) is 10.2 Å². The number of hydrogen-bond donors (Lipinski definition) is 0. The summed E-state index contributed by atoms with van der Waals surface area (Å²) in [6.45, 7) is 0.589. The van der Waals surface area contributed by atoms with E-state index >= 15 is 0 Å². The van der Waals surface area contributed by atoms with E-state index in [0.717, 1.165) is 24.3 Å². The summed E-state index contributed by atoms with van der Waals surface area (Å²) in [6, 6.07) is 0. The molecule has 0 bridgehead atoms. The number of hydrogen-bond acceptors (Lipinski definition) is 4. The zero-order valence-corrected chi connectivity index (χ0v) is 10.6. The quantitative estimate of drug-likeness (QED) is 0.719. The summed E-state index contributed by atoms with van der Waals surface area (Å²) in [5, 5.41) is 0. The molecule has 1 heterocycles. The summed E-state index contributed by atoms with van der Waals surface area (Å²) >= 11 is 3.51. The van der Waals surface area contributed by atoms with Crippen molar-refractivity contribution < 1.29 is 18.3 Å². The lowest BCUT2D eigenvalue weighted by molar-refractivity contribution is -0.174. The number of carbonyl (C=O) groups excluding carboxylic acids is 1. The van der Waals surface area contributed by atoms with Crippen LogP contribution in [-0.2, 0) is 9.53 Å². The van der Waals surface area contributed by atoms with Crippen molar-refractivity contribution in [2.75, 3.05) is 11.5 Å². The minimum Gasteiger partial charge on any atom is -0.456 e. The zero-order chi connectivity index (χ0) is 11.8. The molecule has 1 saturated carbocycles. The van der Waals surface area contributed by atoms with Gasteiger partial charge in [0.1, 0.15) is 6.10 Å². The second-order valence-corrected chi connectivity index (χ2v) is 7.29. The maximum absolute atomic E-state index is 12.8. The first-order valence-electron chi connectivity index (χ1n) is 5.31. The molecule has 2 rings (SSSR count). The van der Waals surface area contributed by atoms with Crippen LogP contribution in [0.15, 0.2) is 0 Å². The summed E-state index contributed by atoms with van der Waals surface area (Å²) in [7, 11) is 0. The first-order chi connectivity index (χ1) is 7.44. The predicted octanol–water partition coefficient (Wildman–Crippen LogP) is 2.91. The molecule has 2 nitrogen and oxygen atoms in total. The molecule has 1 saturated heterocycles. The average molecular weight is 268 g/mol. The predicted molar refractivity (Wildman–Crippen MR) is 62.0 cm³/mol. The van der Waals surface area contributed by atoms with E-state index in [4.69, 9.17) is 4.74 Å². The lowest BCUT2D eigenvalue weighted by Gasteiger charge is -2.29. The Morgan fingerprint density at radius 1 is 1.44 bits per heavy atom. The van der Waals surface area contributed by atoms with Crippen LogP contribution in [0.4, 0.5) is 8.78 Å². The maximum atomic E-state index is 12.8. The van der Waals surface area contributed by atoms with Gasteiger partial charge in [-0.15, -0.1) is 23.5 Å². The Balaban J connectivity index is 2.02. The van der Waals surface area contributed by atoms with Crippen LogP contribution in [0, 0.1) is 0 Å². The van der Waals surface area contributed by atoms with Crippen molar-refractivity contribution in [3.05, 3.63) is 0 Å². The van der Waals surface area contributed by atoms with Crippen LogP contribution in [-0.4, -0.2) is 33.6 Å². The Kier molecular flexibility index (Phi) is 3.41. The number of carbonyl (C=O) groups is 1. The van der Waals surface area contributed by atoms with Gasteiger partial charge in [0.25, 0.3) is 0 Å². The molecule has 1 spiro atoms. The van der Waals surface area contributed by atoms with Crippen LogP contribution < -0.4 is 0 Å². The molecule has 2 fully saturated rings. The Hall–Kier alpha value is 0.0300. The van der Waals surface area contributed by atoms with Gasteiger partial charge in [-0.05, 0) is 19.3 Å². The third-order valence-corrected chi connectivity index (χ3v) is 6.56. The monoisotopic (exact) mass is 268 g/mol. The fourth-order valence-corrected chi connectivity index (χ4v) is 5.57. The van der Waals surface area contributed by atoms with Crippen molar-refractivity contribution in [2.45, 2.75) is 42.3 Å². The normalized spacial score (nSPS) is 28.6. The van der Waals surface area contributed by atoms with Crippen molar-refractivity contribution in [2.24, 2.45) is 0 Å². The highest BCUT2D eigenvalue weighted by Crippen LogP contribution is 2.55. The fraction of sp³-hybridized carbons (Fsp3) is 0.900. The standard InChI is InChI=1S/C10H14F2O2S2/c1-9(11,12)8(13)14-7-3-2-4-10(7)15-5-6-16-10/h7H,2-6H2,1H3. The van der Waals surface area contributed by atoms with Crippen LogP contribution in [0.2, 0.25) is 0 Å². The van der Waals surface area contributed by atoms with E-state index in [9.17, 15) is 13.6 Å². The zero-order valence-electron chi connectivity index (χ0n) is 9.00. The highest BCUT2D eigenvalue weighted by molar-refractivity contribution is 8.21. The maximum Gasteiger partial charge on any atom is 0.377 e.